The first-order chi connectivity index (χ1) is 9.83. The largest absolute Gasteiger partial charge is 0.356 e. The van der Waals surface area contributed by atoms with Gasteiger partial charge in [-0.3, -0.25) is 9.89 Å². The summed E-state index contributed by atoms with van der Waals surface area (Å²) in [5.74, 6) is 1.95. The lowest BCUT2D eigenvalue weighted by atomic mass is 10.0. The normalized spacial score (nSPS) is 24.7. The van der Waals surface area contributed by atoms with Gasteiger partial charge in [-0.1, -0.05) is 26.2 Å². The third kappa shape index (κ3) is 5.31. The van der Waals surface area contributed by atoms with Gasteiger partial charge >= 0.3 is 0 Å². The highest BCUT2D eigenvalue weighted by Crippen LogP contribution is 2.31. The first-order valence-electron chi connectivity index (χ1n) is 8.52. The standard InChI is InChI=1S/C16H32N4/c1-3-15-6-4-5-12-20(15)13-11-19-16(17-2)18-10-9-14-7-8-14/h14-15H,3-13H2,1-2H3,(H2,17,18,19). The molecule has 0 aromatic rings. The summed E-state index contributed by atoms with van der Waals surface area (Å²) in [4.78, 5) is 6.95. The first-order valence-corrected chi connectivity index (χ1v) is 8.52. The molecule has 1 heterocycles. The Bertz CT molecular complexity index is 299. The van der Waals surface area contributed by atoms with Crippen LogP contribution < -0.4 is 10.6 Å². The third-order valence-corrected chi connectivity index (χ3v) is 4.68. The molecule has 2 fully saturated rings. The molecule has 1 aliphatic carbocycles. The molecule has 0 bridgehead atoms. The smallest absolute Gasteiger partial charge is 0.191 e. The molecule has 1 saturated heterocycles. The van der Waals surface area contributed by atoms with Gasteiger partial charge in [0.15, 0.2) is 5.96 Å². The molecule has 4 heteroatoms. The van der Waals surface area contributed by atoms with E-state index in [0.29, 0.717) is 0 Å². The lowest BCUT2D eigenvalue weighted by Gasteiger charge is -2.35. The van der Waals surface area contributed by atoms with Crippen molar-refractivity contribution in [2.24, 2.45) is 10.9 Å². The fraction of sp³-hybridized carbons (Fsp3) is 0.938. The van der Waals surface area contributed by atoms with E-state index in [2.05, 4.69) is 27.4 Å². The minimum Gasteiger partial charge on any atom is -0.356 e. The van der Waals surface area contributed by atoms with Crippen LogP contribution >= 0.6 is 0 Å². The zero-order valence-corrected chi connectivity index (χ0v) is 13.3. The fourth-order valence-corrected chi connectivity index (χ4v) is 3.16. The van der Waals surface area contributed by atoms with Gasteiger partial charge in [0.25, 0.3) is 0 Å². The molecule has 4 nitrogen and oxygen atoms in total. The number of hydrogen-bond donors (Lipinski definition) is 2. The molecule has 0 aromatic carbocycles. The highest BCUT2D eigenvalue weighted by molar-refractivity contribution is 5.79. The van der Waals surface area contributed by atoms with Crippen molar-refractivity contribution in [2.45, 2.75) is 57.9 Å². The minimum atomic E-state index is 0.801. The summed E-state index contributed by atoms with van der Waals surface area (Å²) in [6.07, 6.45) is 9.60. The van der Waals surface area contributed by atoms with Crippen molar-refractivity contribution in [1.29, 1.82) is 0 Å². The van der Waals surface area contributed by atoms with E-state index in [4.69, 9.17) is 0 Å². The Morgan fingerprint density at radius 2 is 1.95 bits per heavy atom. The summed E-state index contributed by atoms with van der Waals surface area (Å²) in [6, 6.07) is 0.801. The van der Waals surface area contributed by atoms with Gasteiger partial charge in [0, 0.05) is 32.7 Å². The van der Waals surface area contributed by atoms with Gasteiger partial charge in [0.05, 0.1) is 0 Å². The number of piperidine rings is 1. The number of aliphatic imine (C=N–C) groups is 1. The van der Waals surface area contributed by atoms with Crippen molar-refractivity contribution < 1.29 is 0 Å². The second-order valence-electron chi connectivity index (χ2n) is 6.25. The second kappa shape index (κ2) is 8.50. The maximum atomic E-state index is 4.30. The lowest BCUT2D eigenvalue weighted by molar-refractivity contribution is 0.147. The summed E-state index contributed by atoms with van der Waals surface area (Å²) in [5, 5.41) is 6.88. The van der Waals surface area contributed by atoms with Crippen molar-refractivity contribution in [3.63, 3.8) is 0 Å². The summed E-state index contributed by atoms with van der Waals surface area (Å²) in [5.41, 5.74) is 0. The summed E-state index contributed by atoms with van der Waals surface area (Å²) in [7, 11) is 1.86. The van der Waals surface area contributed by atoms with Crippen LogP contribution in [-0.4, -0.2) is 50.1 Å². The average molecular weight is 280 g/mol. The molecule has 2 N–H and O–H groups in total. The maximum absolute atomic E-state index is 4.30. The van der Waals surface area contributed by atoms with Gasteiger partial charge in [-0.05, 0) is 38.1 Å². The Morgan fingerprint density at radius 1 is 1.15 bits per heavy atom. The molecule has 1 unspecified atom stereocenters. The Morgan fingerprint density at radius 3 is 2.65 bits per heavy atom. The monoisotopic (exact) mass is 280 g/mol. The Hall–Kier alpha value is -0.770. The van der Waals surface area contributed by atoms with Crippen LogP contribution in [0.15, 0.2) is 4.99 Å². The van der Waals surface area contributed by atoms with Crippen LogP contribution in [0, 0.1) is 5.92 Å². The topological polar surface area (TPSA) is 39.7 Å². The fourth-order valence-electron chi connectivity index (χ4n) is 3.16. The predicted molar refractivity (Wildman–Crippen MR) is 86.2 cm³/mol. The molecule has 1 aliphatic heterocycles. The van der Waals surface area contributed by atoms with Crippen LogP contribution in [0.3, 0.4) is 0 Å². The molecule has 20 heavy (non-hydrogen) atoms. The van der Waals surface area contributed by atoms with Crippen molar-refractivity contribution in [3.05, 3.63) is 0 Å². The van der Waals surface area contributed by atoms with Crippen molar-refractivity contribution in [3.8, 4) is 0 Å². The van der Waals surface area contributed by atoms with Crippen LogP contribution in [0.4, 0.5) is 0 Å². The number of nitrogens with zero attached hydrogens (tertiary/aromatic N) is 2. The van der Waals surface area contributed by atoms with E-state index in [-0.39, 0.29) is 0 Å². The zero-order chi connectivity index (χ0) is 14.2. The van der Waals surface area contributed by atoms with Crippen LogP contribution in [0.2, 0.25) is 0 Å². The maximum Gasteiger partial charge on any atom is 0.191 e. The summed E-state index contributed by atoms with van der Waals surface area (Å²) < 4.78 is 0. The van der Waals surface area contributed by atoms with Crippen molar-refractivity contribution in [1.82, 2.24) is 15.5 Å². The van der Waals surface area contributed by atoms with Crippen LogP contribution in [0.1, 0.15) is 51.9 Å². The molecule has 2 rings (SSSR count). The molecule has 1 saturated carbocycles. The third-order valence-electron chi connectivity index (χ3n) is 4.68. The minimum absolute atomic E-state index is 0.801. The van der Waals surface area contributed by atoms with E-state index in [1.807, 2.05) is 7.05 Å². The molecular formula is C16H32N4. The Balaban J connectivity index is 1.59. The van der Waals surface area contributed by atoms with Gasteiger partial charge in [0.2, 0.25) is 0 Å². The van der Waals surface area contributed by atoms with E-state index in [1.54, 1.807) is 0 Å². The van der Waals surface area contributed by atoms with E-state index >= 15 is 0 Å². The predicted octanol–water partition coefficient (Wildman–Crippen LogP) is 2.22. The highest BCUT2D eigenvalue weighted by atomic mass is 15.2. The first kappa shape index (κ1) is 15.6. The van der Waals surface area contributed by atoms with Crippen LogP contribution in [0.25, 0.3) is 0 Å². The average Bonchev–Trinajstić information content (AvgIpc) is 3.30. The molecule has 0 amide bonds. The molecule has 116 valence electrons. The van der Waals surface area contributed by atoms with Crippen LogP contribution in [-0.2, 0) is 0 Å². The van der Waals surface area contributed by atoms with Gasteiger partial charge in [-0.2, -0.15) is 0 Å². The molecule has 2 aliphatic rings. The quantitative estimate of drug-likeness (QED) is 0.555. The number of hydrogen-bond acceptors (Lipinski definition) is 2. The summed E-state index contributed by atoms with van der Waals surface area (Å²) >= 11 is 0. The van der Waals surface area contributed by atoms with Gasteiger partial charge < -0.3 is 10.6 Å². The van der Waals surface area contributed by atoms with E-state index in [1.165, 1.54) is 51.5 Å². The second-order valence-corrected chi connectivity index (χ2v) is 6.25. The Labute approximate surface area is 124 Å². The zero-order valence-electron chi connectivity index (χ0n) is 13.3. The number of nitrogens with one attached hydrogen (secondary N) is 2. The number of rotatable bonds is 7. The SMILES string of the molecule is CCC1CCCCN1CCNC(=NC)NCCC1CC1. The van der Waals surface area contributed by atoms with E-state index in [0.717, 1.165) is 37.6 Å². The molecule has 1 atom stereocenters. The van der Waals surface area contributed by atoms with Crippen molar-refractivity contribution in [2.75, 3.05) is 33.2 Å². The van der Waals surface area contributed by atoms with Crippen molar-refractivity contribution >= 4 is 5.96 Å². The van der Waals surface area contributed by atoms with E-state index in [9.17, 15) is 0 Å². The van der Waals surface area contributed by atoms with Gasteiger partial charge in [-0.25, -0.2) is 0 Å². The number of guanidine groups is 1. The molecule has 0 aromatic heterocycles. The highest BCUT2D eigenvalue weighted by Gasteiger charge is 2.21. The van der Waals surface area contributed by atoms with Gasteiger partial charge in [0.1, 0.15) is 0 Å². The van der Waals surface area contributed by atoms with Gasteiger partial charge in [-0.15, -0.1) is 0 Å². The Kier molecular flexibility index (Phi) is 6.64. The molecule has 0 radical (unpaired) electrons. The summed E-state index contributed by atoms with van der Waals surface area (Å²) in [6.45, 7) is 6.79. The molecule has 0 spiro atoms. The molecular weight excluding hydrogens is 248 g/mol. The lowest BCUT2D eigenvalue weighted by Crippen LogP contribution is -2.46. The van der Waals surface area contributed by atoms with Crippen LogP contribution in [0.5, 0.6) is 0 Å². The van der Waals surface area contributed by atoms with E-state index < -0.39 is 0 Å². The number of likely N-dealkylation sites (tertiary alicyclic amines) is 1.